The van der Waals surface area contributed by atoms with Crippen LogP contribution in [0.4, 0.5) is 4.79 Å². The van der Waals surface area contributed by atoms with Crippen LogP contribution in [-0.4, -0.2) is 54.7 Å². The van der Waals surface area contributed by atoms with Crippen molar-refractivity contribution in [1.82, 2.24) is 10.2 Å². The number of likely N-dealkylation sites (tertiary alicyclic amines) is 1. The van der Waals surface area contributed by atoms with Gasteiger partial charge in [-0.25, -0.2) is 9.59 Å². The van der Waals surface area contributed by atoms with E-state index >= 15 is 0 Å². The smallest absolute Gasteiger partial charge is 0.410 e. The van der Waals surface area contributed by atoms with Crippen molar-refractivity contribution in [1.29, 1.82) is 0 Å². The maximum Gasteiger partial charge on any atom is 0.410 e. The minimum absolute atomic E-state index is 0.0265. The summed E-state index contributed by atoms with van der Waals surface area (Å²) in [6.07, 6.45) is 0.574. The summed E-state index contributed by atoms with van der Waals surface area (Å²) in [5, 5.41) is 12.2. The Morgan fingerprint density at radius 2 is 1.91 bits per heavy atom. The number of hydrogen-bond donors (Lipinski definition) is 2. The van der Waals surface area contributed by atoms with Crippen molar-refractivity contribution in [3.63, 3.8) is 0 Å². The highest BCUT2D eigenvalue weighted by Gasteiger charge is 2.37. The van der Waals surface area contributed by atoms with Crippen LogP contribution in [0.1, 0.15) is 45.6 Å². The first-order chi connectivity index (χ1) is 14.9. The molecule has 8 heteroatoms. The summed E-state index contributed by atoms with van der Waals surface area (Å²) in [5.41, 5.74) is 4.13. The first-order valence-electron chi connectivity index (χ1n) is 10.9. The number of aliphatic carboxylic acids is 1. The van der Waals surface area contributed by atoms with Gasteiger partial charge in [-0.05, 0) is 23.4 Å². The molecule has 32 heavy (non-hydrogen) atoms. The molecule has 1 saturated heterocycles. The van der Waals surface area contributed by atoms with E-state index in [0.29, 0.717) is 19.4 Å². The van der Waals surface area contributed by atoms with Crippen molar-refractivity contribution >= 4 is 26.0 Å². The average molecular weight is 459 g/mol. The van der Waals surface area contributed by atoms with Gasteiger partial charge in [-0.3, -0.25) is 9.69 Å². The lowest BCUT2D eigenvalue weighted by atomic mass is 10.1. The number of nitrogens with one attached hydrogen (secondary N) is 1. The van der Waals surface area contributed by atoms with Crippen molar-refractivity contribution in [3.8, 4) is 11.5 Å². The van der Waals surface area contributed by atoms with Gasteiger partial charge in [-0.15, -0.1) is 11.5 Å². The Balaban J connectivity index is 1.98. The van der Waals surface area contributed by atoms with Crippen LogP contribution < -0.4 is 5.32 Å². The molecule has 1 aliphatic rings. The molecule has 1 aliphatic heterocycles. The topological polar surface area (TPSA) is 95.9 Å². The molecule has 174 valence electrons. The molecule has 0 radical (unpaired) electrons. The van der Waals surface area contributed by atoms with Crippen molar-refractivity contribution in [2.45, 2.75) is 76.9 Å². The van der Waals surface area contributed by atoms with Crippen molar-refractivity contribution in [2.24, 2.45) is 0 Å². The minimum Gasteiger partial charge on any atom is -0.480 e. The molecule has 7 nitrogen and oxygen atoms in total. The number of carboxylic acid groups (broad SMARTS) is 1. The van der Waals surface area contributed by atoms with Gasteiger partial charge < -0.3 is 15.2 Å². The number of ether oxygens (including phenoxy) is 1. The van der Waals surface area contributed by atoms with E-state index in [4.69, 9.17) is 4.74 Å². The molecular weight excluding hydrogens is 424 g/mol. The Bertz CT molecular complexity index is 883. The second-order valence-electron chi connectivity index (χ2n) is 9.67. The third-order valence-electron chi connectivity index (χ3n) is 6.19. The maximum absolute atomic E-state index is 12.8. The summed E-state index contributed by atoms with van der Waals surface area (Å²) < 4.78 is 5.35. The lowest BCUT2D eigenvalue weighted by Crippen LogP contribution is -2.50. The van der Waals surface area contributed by atoms with Gasteiger partial charge >= 0.3 is 12.1 Å². The lowest BCUT2D eigenvalue weighted by molar-refractivity contribution is -0.142. The summed E-state index contributed by atoms with van der Waals surface area (Å²) in [5.74, 6) is 1.37. The van der Waals surface area contributed by atoms with E-state index in [2.05, 4.69) is 50.6 Å². The fourth-order valence-electron chi connectivity index (χ4n) is 3.09. The quantitative estimate of drug-likeness (QED) is 0.499. The first-order valence-corrected chi connectivity index (χ1v) is 13.9. The zero-order valence-electron chi connectivity index (χ0n) is 19.6. The molecule has 2 atom stereocenters. The molecule has 0 unspecified atom stereocenters. The Morgan fingerprint density at radius 3 is 2.50 bits per heavy atom. The number of amides is 2. The predicted octanol–water partition coefficient (Wildman–Crippen LogP) is 3.80. The van der Waals surface area contributed by atoms with Gasteiger partial charge in [0.05, 0.1) is 0 Å². The third kappa shape index (κ3) is 6.86. The molecular formula is C24H34N2O5Si. The molecule has 1 aromatic carbocycles. The minimum atomic E-state index is -1.87. The number of carbonyl (C=O) groups is 3. The fourth-order valence-corrected chi connectivity index (χ4v) is 4.01. The van der Waals surface area contributed by atoms with Crippen LogP contribution in [0.5, 0.6) is 0 Å². The van der Waals surface area contributed by atoms with Crippen LogP contribution in [0.25, 0.3) is 0 Å². The number of rotatable bonds is 6. The molecule has 0 aromatic heterocycles. The Kier molecular flexibility index (Phi) is 8.50. The van der Waals surface area contributed by atoms with Gasteiger partial charge in [0.15, 0.2) is 0 Å². The van der Waals surface area contributed by atoms with Crippen molar-refractivity contribution < 1.29 is 24.2 Å². The van der Waals surface area contributed by atoms with E-state index < -0.39 is 38.1 Å². The lowest BCUT2D eigenvalue weighted by Gasteiger charge is -2.31. The van der Waals surface area contributed by atoms with Crippen LogP contribution in [0, 0.1) is 11.5 Å². The predicted molar refractivity (Wildman–Crippen MR) is 126 cm³/mol. The van der Waals surface area contributed by atoms with Crippen LogP contribution in [0.3, 0.4) is 0 Å². The number of carboxylic acids is 1. The Labute approximate surface area is 191 Å². The van der Waals surface area contributed by atoms with E-state index in [1.165, 1.54) is 4.90 Å². The molecule has 0 aliphatic carbocycles. The highest BCUT2D eigenvalue weighted by Crippen LogP contribution is 2.35. The Hall–Kier alpha value is -2.79. The highest BCUT2D eigenvalue weighted by molar-refractivity contribution is 6.87. The van der Waals surface area contributed by atoms with Gasteiger partial charge in [0.2, 0.25) is 5.91 Å². The van der Waals surface area contributed by atoms with Crippen LogP contribution >= 0.6 is 0 Å². The zero-order valence-corrected chi connectivity index (χ0v) is 20.6. The van der Waals surface area contributed by atoms with E-state index in [1.807, 2.05) is 30.3 Å². The molecule has 0 saturated carbocycles. The summed E-state index contributed by atoms with van der Waals surface area (Å²) in [6, 6.07) is 7.43. The van der Waals surface area contributed by atoms with Gasteiger partial charge in [-0.2, -0.15) is 0 Å². The van der Waals surface area contributed by atoms with Crippen molar-refractivity contribution in [2.75, 3.05) is 6.54 Å². The number of benzene rings is 1. The number of carbonyl (C=O) groups excluding carboxylic acids is 2. The summed E-state index contributed by atoms with van der Waals surface area (Å²) in [4.78, 5) is 38.4. The second kappa shape index (κ2) is 10.7. The highest BCUT2D eigenvalue weighted by atomic mass is 28.3. The van der Waals surface area contributed by atoms with Gasteiger partial charge in [0, 0.05) is 13.0 Å². The first kappa shape index (κ1) is 25.5. The van der Waals surface area contributed by atoms with E-state index in [0.717, 1.165) is 5.56 Å². The second-order valence-corrected chi connectivity index (χ2v) is 14.7. The molecule has 0 bridgehead atoms. The van der Waals surface area contributed by atoms with Gasteiger partial charge in [-0.1, -0.05) is 64.2 Å². The van der Waals surface area contributed by atoms with Gasteiger partial charge in [0.25, 0.3) is 0 Å². The van der Waals surface area contributed by atoms with Gasteiger partial charge in [0.1, 0.15) is 26.8 Å². The standard InChI is InChI=1S/C24H34N2O5Si/c1-24(2,3)32(4,5)16-10-13-19(22(28)29)25-21(27)20-14-9-15-26(20)23(30)31-17-18-11-7-6-8-12-18/h6-8,11-12,19-20H,9,13-15,17H2,1-5H3,(H,25,27)(H,28,29)/t19-,20-/m1/s1. The SMILES string of the molecule is CC(C)(C)[Si](C)(C)C#CC[C@@H](NC(=O)[C@H]1CCCN1C(=O)OCc1ccccc1)C(=O)O. The molecule has 0 spiro atoms. The summed E-state index contributed by atoms with van der Waals surface area (Å²) in [6.45, 7) is 11.2. The van der Waals surface area contributed by atoms with E-state index in [-0.39, 0.29) is 18.1 Å². The summed E-state index contributed by atoms with van der Waals surface area (Å²) in [7, 11) is -1.87. The molecule has 1 heterocycles. The zero-order chi connectivity index (χ0) is 23.9. The van der Waals surface area contributed by atoms with E-state index in [1.54, 1.807) is 0 Å². The molecule has 2 rings (SSSR count). The van der Waals surface area contributed by atoms with Crippen molar-refractivity contribution in [3.05, 3.63) is 35.9 Å². The van der Waals surface area contributed by atoms with Crippen LogP contribution in [-0.2, 0) is 20.9 Å². The average Bonchev–Trinajstić information content (AvgIpc) is 3.21. The van der Waals surface area contributed by atoms with Crippen LogP contribution in [0.2, 0.25) is 18.1 Å². The van der Waals surface area contributed by atoms with Crippen LogP contribution in [0.15, 0.2) is 30.3 Å². The largest absolute Gasteiger partial charge is 0.480 e. The summed E-state index contributed by atoms with van der Waals surface area (Å²) >= 11 is 0. The molecule has 1 fully saturated rings. The Morgan fingerprint density at radius 1 is 1.25 bits per heavy atom. The normalized spacial score (nSPS) is 17.2. The molecule has 1 aromatic rings. The fraction of sp³-hybridized carbons (Fsp3) is 0.542. The number of hydrogen-bond acceptors (Lipinski definition) is 4. The molecule has 2 amide bonds. The maximum atomic E-state index is 12.8. The monoisotopic (exact) mass is 458 g/mol. The van der Waals surface area contributed by atoms with E-state index in [9.17, 15) is 19.5 Å². The molecule has 2 N–H and O–H groups in total. The third-order valence-corrected chi connectivity index (χ3v) is 10.7. The number of nitrogens with zero attached hydrogens (tertiary/aromatic N) is 1.